The third-order valence-corrected chi connectivity index (χ3v) is 8.41. The van der Waals surface area contributed by atoms with Crippen LogP contribution in [0.15, 0.2) is 12.7 Å². The Balaban J connectivity index is 2.05. The van der Waals surface area contributed by atoms with Gasteiger partial charge in [0.15, 0.2) is 17.5 Å². The molecule has 0 unspecified atom stereocenters. The Morgan fingerprint density at radius 1 is 1.23 bits per heavy atom. The van der Waals surface area contributed by atoms with Crippen LogP contribution in [0.25, 0.3) is 0 Å². The first-order chi connectivity index (χ1) is 14.2. The molecule has 4 aliphatic rings. The quantitative estimate of drug-likeness (QED) is 0.520. The number of hydrogen-bond acceptors (Lipinski definition) is 8. The van der Waals surface area contributed by atoms with E-state index in [1.165, 1.54) is 13.0 Å². The van der Waals surface area contributed by atoms with Gasteiger partial charge in [-0.15, -0.1) is 6.58 Å². The van der Waals surface area contributed by atoms with Gasteiger partial charge in [0, 0.05) is 19.3 Å². The number of carbonyl (C=O) groups is 3. The summed E-state index contributed by atoms with van der Waals surface area (Å²) >= 11 is 0. The topological polar surface area (TPSA) is 108 Å². The molecule has 8 heteroatoms. The van der Waals surface area contributed by atoms with Crippen LogP contribution in [0.1, 0.15) is 60.8 Å². The summed E-state index contributed by atoms with van der Waals surface area (Å²) in [6.45, 7) is 14.2. The highest BCUT2D eigenvalue weighted by atomic mass is 16.8. The average molecular weight is 437 g/mol. The van der Waals surface area contributed by atoms with E-state index in [1.54, 1.807) is 13.8 Å². The molecule has 2 saturated heterocycles. The molecule has 2 aliphatic carbocycles. The Morgan fingerprint density at radius 3 is 2.45 bits per heavy atom. The minimum Gasteiger partial charge on any atom is -0.457 e. The molecule has 0 aromatic carbocycles. The summed E-state index contributed by atoms with van der Waals surface area (Å²) in [7, 11) is 0. The molecular weight excluding hydrogens is 404 g/mol. The smallest absolute Gasteiger partial charge is 0.457 e. The highest BCUT2D eigenvalue weighted by molar-refractivity contribution is 5.95. The highest BCUT2D eigenvalue weighted by Gasteiger charge is 2.85. The molecule has 8 nitrogen and oxygen atoms in total. The van der Waals surface area contributed by atoms with Crippen LogP contribution < -0.4 is 0 Å². The number of hydrogen-bond donors (Lipinski definition) is 1. The number of carbonyl (C=O) groups excluding carboxylic acids is 3. The van der Waals surface area contributed by atoms with Crippen LogP contribution in [-0.2, 0) is 28.5 Å². The van der Waals surface area contributed by atoms with Crippen LogP contribution in [0.2, 0.25) is 0 Å². The zero-order valence-corrected chi connectivity index (χ0v) is 19.0. The van der Waals surface area contributed by atoms with Crippen LogP contribution in [-0.4, -0.2) is 58.1 Å². The highest BCUT2D eigenvalue weighted by Crippen LogP contribution is 2.70. The second-order valence-electron chi connectivity index (χ2n) is 10.8. The van der Waals surface area contributed by atoms with Gasteiger partial charge >= 0.3 is 12.1 Å². The molecule has 172 valence electrons. The van der Waals surface area contributed by atoms with E-state index < -0.39 is 64.0 Å². The molecule has 0 aromatic heterocycles. The predicted octanol–water partition coefficient (Wildman–Crippen LogP) is 2.70. The van der Waals surface area contributed by atoms with Crippen LogP contribution in [0.5, 0.6) is 0 Å². The predicted molar refractivity (Wildman–Crippen MR) is 108 cm³/mol. The van der Waals surface area contributed by atoms with Crippen molar-refractivity contribution in [2.24, 2.45) is 16.7 Å². The lowest BCUT2D eigenvalue weighted by Gasteiger charge is -2.72. The molecule has 0 amide bonds. The number of ketones is 1. The largest absolute Gasteiger partial charge is 0.509 e. The molecular formula is C23H32O8. The van der Waals surface area contributed by atoms with Gasteiger partial charge in [0.25, 0.3) is 0 Å². The Kier molecular flexibility index (Phi) is 4.54. The van der Waals surface area contributed by atoms with Gasteiger partial charge < -0.3 is 24.1 Å². The first kappa shape index (κ1) is 22.3. The summed E-state index contributed by atoms with van der Waals surface area (Å²) in [6, 6.07) is 0. The normalized spacial score (nSPS) is 50.3. The molecule has 8 atom stereocenters. The summed E-state index contributed by atoms with van der Waals surface area (Å²) in [5, 5.41) is 11.7. The Hall–Kier alpha value is -1.93. The lowest BCUT2D eigenvalue weighted by atomic mass is 9.39. The van der Waals surface area contributed by atoms with Crippen molar-refractivity contribution in [3.63, 3.8) is 0 Å². The second-order valence-corrected chi connectivity index (χ2v) is 10.8. The first-order valence-electron chi connectivity index (χ1n) is 10.8. The van der Waals surface area contributed by atoms with E-state index in [0.29, 0.717) is 12.8 Å². The van der Waals surface area contributed by atoms with Gasteiger partial charge in [0.2, 0.25) is 5.60 Å². The van der Waals surface area contributed by atoms with Crippen molar-refractivity contribution in [1.29, 1.82) is 0 Å². The van der Waals surface area contributed by atoms with Gasteiger partial charge in [-0.25, -0.2) is 4.79 Å². The van der Waals surface area contributed by atoms with Crippen molar-refractivity contribution in [2.75, 3.05) is 0 Å². The van der Waals surface area contributed by atoms with Crippen molar-refractivity contribution in [3.05, 3.63) is 12.7 Å². The Morgan fingerprint density at radius 2 is 1.87 bits per heavy atom. The number of aliphatic hydroxyl groups is 1. The fourth-order valence-electron chi connectivity index (χ4n) is 7.33. The third-order valence-electron chi connectivity index (χ3n) is 8.41. The van der Waals surface area contributed by atoms with Crippen molar-refractivity contribution >= 4 is 17.9 Å². The third kappa shape index (κ3) is 2.52. The molecule has 2 saturated carbocycles. The fraction of sp³-hybridized carbons (Fsp3) is 0.783. The van der Waals surface area contributed by atoms with E-state index in [4.69, 9.17) is 18.9 Å². The van der Waals surface area contributed by atoms with E-state index in [-0.39, 0.29) is 12.2 Å². The summed E-state index contributed by atoms with van der Waals surface area (Å²) in [5.74, 6) is -1.54. The molecule has 2 heterocycles. The molecule has 2 aliphatic heterocycles. The maximum Gasteiger partial charge on any atom is 0.509 e. The maximum atomic E-state index is 14.0. The fourth-order valence-corrected chi connectivity index (χ4v) is 7.33. The van der Waals surface area contributed by atoms with Gasteiger partial charge in [0.05, 0.1) is 17.1 Å². The number of ether oxygens (including phenoxy) is 4. The second kappa shape index (κ2) is 6.32. The molecule has 1 spiro atoms. The van der Waals surface area contributed by atoms with E-state index in [9.17, 15) is 19.5 Å². The molecule has 4 fully saturated rings. The molecule has 1 N–H and O–H groups in total. The minimum atomic E-state index is -1.80. The number of rotatable bonds is 2. The summed E-state index contributed by atoms with van der Waals surface area (Å²) < 4.78 is 23.6. The molecule has 0 aromatic rings. The van der Waals surface area contributed by atoms with E-state index in [2.05, 4.69) is 6.58 Å². The van der Waals surface area contributed by atoms with Gasteiger partial charge in [-0.05, 0) is 32.1 Å². The van der Waals surface area contributed by atoms with Crippen molar-refractivity contribution in [1.82, 2.24) is 0 Å². The van der Waals surface area contributed by atoms with Crippen LogP contribution in [0.3, 0.4) is 0 Å². The number of esters is 1. The van der Waals surface area contributed by atoms with Gasteiger partial charge in [-0.2, -0.15) is 0 Å². The minimum absolute atomic E-state index is 0.0717. The first-order valence-corrected chi connectivity index (χ1v) is 10.8. The zero-order chi connectivity index (χ0) is 23.2. The van der Waals surface area contributed by atoms with Crippen molar-refractivity contribution < 1.29 is 38.4 Å². The Bertz CT molecular complexity index is 866. The molecule has 31 heavy (non-hydrogen) atoms. The molecule has 0 radical (unpaired) electrons. The van der Waals surface area contributed by atoms with Crippen molar-refractivity contribution in [3.8, 4) is 0 Å². The zero-order valence-electron chi connectivity index (χ0n) is 19.0. The lowest BCUT2D eigenvalue weighted by Crippen LogP contribution is -2.89. The van der Waals surface area contributed by atoms with E-state index in [0.717, 1.165) is 0 Å². The standard InChI is InChI=1S/C23H32O8/c1-8-20(5)11-13(25)23-21(6)14(29-18(27)30-23)9-10-19(3,4)16(21)15(26)17(28-12(2)24)22(23,7)31-20/h8,14-17,26H,1,9-11H2,2-7H3/t14-,15-,16-,17-,20-,21-,22+,23-/m0/s1. The van der Waals surface area contributed by atoms with Crippen molar-refractivity contribution in [2.45, 2.75) is 95.9 Å². The SMILES string of the molecule is C=C[C@@]1(C)CC(=O)[C@@]23OC(=O)O[C@H]4CCC(C)(C)[C@H]([C@H](O)[C@H](OC(C)=O)[C@@]2(C)O1)[C@]43C. The summed E-state index contributed by atoms with van der Waals surface area (Å²) in [6.07, 6.45) is -1.41. The Labute approximate surface area is 182 Å². The molecule has 0 bridgehead atoms. The maximum absolute atomic E-state index is 14.0. The monoisotopic (exact) mass is 436 g/mol. The van der Waals surface area contributed by atoms with Crippen LogP contribution >= 0.6 is 0 Å². The lowest BCUT2D eigenvalue weighted by molar-refractivity contribution is -0.386. The number of Topliss-reactive ketones (excluding diaryl/α,β-unsaturated/α-hetero) is 1. The van der Waals surface area contributed by atoms with Gasteiger partial charge in [-0.1, -0.05) is 26.8 Å². The summed E-state index contributed by atoms with van der Waals surface area (Å²) in [4.78, 5) is 38.8. The van der Waals surface area contributed by atoms with E-state index >= 15 is 0 Å². The molecule has 4 rings (SSSR count). The average Bonchev–Trinajstić information content (AvgIpc) is 2.63. The van der Waals surface area contributed by atoms with E-state index in [1.807, 2.05) is 20.8 Å². The van der Waals surface area contributed by atoms with Gasteiger partial charge in [-0.3, -0.25) is 9.59 Å². The number of aliphatic hydroxyl groups excluding tert-OH is 1. The van der Waals surface area contributed by atoms with Crippen LogP contribution in [0.4, 0.5) is 4.79 Å². The summed E-state index contributed by atoms with van der Waals surface area (Å²) in [5.41, 5.74) is -6.11. The van der Waals surface area contributed by atoms with Gasteiger partial charge in [0.1, 0.15) is 6.10 Å². The van der Waals surface area contributed by atoms with Crippen LogP contribution in [0, 0.1) is 16.7 Å².